The third-order valence-corrected chi connectivity index (χ3v) is 3.60. The maximum Gasteiger partial charge on any atom is 0.226 e. The first kappa shape index (κ1) is 17.8. The zero-order valence-corrected chi connectivity index (χ0v) is 14.4. The van der Waals surface area contributed by atoms with Crippen molar-refractivity contribution in [2.24, 2.45) is 0 Å². The highest BCUT2D eigenvalue weighted by molar-refractivity contribution is 5.89. The Hall–Kier alpha value is -2.54. The Morgan fingerprint density at radius 3 is 2.71 bits per heavy atom. The smallest absolute Gasteiger partial charge is 0.226 e. The number of ether oxygens (including phenoxy) is 2. The summed E-state index contributed by atoms with van der Waals surface area (Å²) < 4.78 is 15.5. The molecule has 0 spiro atoms. The molecule has 0 bridgehead atoms. The number of methoxy groups -OCH3 is 2. The number of rotatable bonds is 8. The number of hydrogen-bond donors (Lipinski definition) is 2. The second kappa shape index (κ2) is 8.35. The molecule has 2 N–H and O–H groups in total. The number of aromatic nitrogens is 1. The van der Waals surface area contributed by atoms with Crippen LogP contribution in [-0.4, -0.2) is 31.8 Å². The van der Waals surface area contributed by atoms with Gasteiger partial charge in [-0.1, -0.05) is 5.16 Å². The molecule has 0 fully saturated rings. The number of carbonyl (C=O) groups excluding carboxylic acids is 1. The van der Waals surface area contributed by atoms with Crippen LogP contribution in [-0.2, 0) is 4.79 Å². The Morgan fingerprint density at radius 2 is 2.08 bits per heavy atom. The van der Waals surface area contributed by atoms with Gasteiger partial charge in [-0.25, -0.2) is 0 Å². The number of carbonyl (C=O) groups is 1. The molecule has 7 heteroatoms. The van der Waals surface area contributed by atoms with E-state index >= 15 is 0 Å². The lowest BCUT2D eigenvalue weighted by Gasteiger charge is -2.18. The van der Waals surface area contributed by atoms with Crippen LogP contribution in [0.5, 0.6) is 11.5 Å². The van der Waals surface area contributed by atoms with Crippen LogP contribution < -0.4 is 20.1 Å². The van der Waals surface area contributed by atoms with Crippen LogP contribution in [0.1, 0.15) is 30.7 Å². The molecule has 1 atom stereocenters. The highest BCUT2D eigenvalue weighted by atomic mass is 16.5. The van der Waals surface area contributed by atoms with Crippen molar-refractivity contribution in [1.29, 1.82) is 0 Å². The van der Waals surface area contributed by atoms with E-state index in [-0.39, 0.29) is 11.9 Å². The first-order valence-corrected chi connectivity index (χ1v) is 7.72. The highest BCUT2D eigenvalue weighted by Gasteiger charge is 2.13. The maximum atomic E-state index is 11.9. The molecule has 1 amide bonds. The lowest BCUT2D eigenvalue weighted by Crippen LogP contribution is -2.24. The Morgan fingerprint density at radius 1 is 1.29 bits per heavy atom. The fourth-order valence-corrected chi connectivity index (χ4v) is 2.32. The van der Waals surface area contributed by atoms with Crippen LogP contribution in [0.25, 0.3) is 0 Å². The lowest BCUT2D eigenvalue weighted by molar-refractivity contribution is -0.116. The van der Waals surface area contributed by atoms with E-state index < -0.39 is 0 Å². The predicted octanol–water partition coefficient (Wildman–Crippen LogP) is 2.68. The van der Waals surface area contributed by atoms with Crippen LogP contribution in [0.2, 0.25) is 0 Å². The van der Waals surface area contributed by atoms with Gasteiger partial charge in [0.2, 0.25) is 5.91 Å². The van der Waals surface area contributed by atoms with Crippen molar-refractivity contribution < 1.29 is 18.8 Å². The van der Waals surface area contributed by atoms with E-state index in [9.17, 15) is 4.79 Å². The first-order valence-electron chi connectivity index (χ1n) is 7.72. The average molecular weight is 333 g/mol. The number of benzene rings is 1. The van der Waals surface area contributed by atoms with Gasteiger partial charge in [0.05, 0.1) is 14.2 Å². The van der Waals surface area contributed by atoms with E-state index in [0.717, 1.165) is 17.1 Å². The minimum atomic E-state index is -0.124. The van der Waals surface area contributed by atoms with Crippen molar-refractivity contribution in [3.63, 3.8) is 0 Å². The molecule has 1 heterocycles. The summed E-state index contributed by atoms with van der Waals surface area (Å²) in [5.74, 6) is 2.50. The second-order valence-electron chi connectivity index (χ2n) is 5.40. The van der Waals surface area contributed by atoms with Gasteiger partial charge in [-0.15, -0.1) is 0 Å². The van der Waals surface area contributed by atoms with Crippen molar-refractivity contribution in [3.05, 3.63) is 35.6 Å². The number of nitrogens with one attached hydrogen (secondary N) is 2. The molecular formula is C17H23N3O4. The number of nitrogens with zero attached hydrogens (tertiary/aromatic N) is 1. The van der Waals surface area contributed by atoms with Gasteiger partial charge >= 0.3 is 0 Å². The predicted molar refractivity (Wildman–Crippen MR) is 90.5 cm³/mol. The standard InChI is InChI=1S/C17H23N3O4/c1-11-9-16(20-24-11)19-17(21)7-8-18-12(2)14-10-13(22-3)5-6-15(14)23-4/h5-6,9-10,12,18H,7-8H2,1-4H3,(H,19,20,21)/t12-/m1/s1. The largest absolute Gasteiger partial charge is 0.497 e. The van der Waals surface area contributed by atoms with E-state index in [4.69, 9.17) is 14.0 Å². The molecule has 0 saturated carbocycles. The number of anilines is 1. The van der Waals surface area contributed by atoms with Crippen LogP contribution in [0.3, 0.4) is 0 Å². The van der Waals surface area contributed by atoms with Gasteiger partial charge in [-0.3, -0.25) is 4.79 Å². The quantitative estimate of drug-likeness (QED) is 0.772. The van der Waals surface area contributed by atoms with Crippen molar-refractivity contribution in [2.75, 3.05) is 26.1 Å². The molecule has 0 radical (unpaired) electrons. The molecule has 1 aromatic carbocycles. The second-order valence-corrected chi connectivity index (χ2v) is 5.40. The summed E-state index contributed by atoms with van der Waals surface area (Å²) in [5.41, 5.74) is 0.976. The number of aryl methyl sites for hydroxylation is 1. The molecule has 2 rings (SSSR count). The van der Waals surface area contributed by atoms with E-state index in [2.05, 4.69) is 15.8 Å². The molecule has 0 aliphatic heterocycles. The third-order valence-electron chi connectivity index (χ3n) is 3.60. The monoisotopic (exact) mass is 333 g/mol. The first-order chi connectivity index (χ1) is 11.5. The summed E-state index contributed by atoms with van der Waals surface area (Å²) in [4.78, 5) is 11.9. The van der Waals surface area contributed by atoms with Gasteiger partial charge in [-0.05, 0) is 32.0 Å². The Labute approximate surface area is 141 Å². The average Bonchev–Trinajstić information content (AvgIpc) is 2.98. The molecule has 0 aliphatic rings. The van der Waals surface area contributed by atoms with Crippen molar-refractivity contribution in [2.45, 2.75) is 26.3 Å². The Kier molecular flexibility index (Phi) is 6.20. The summed E-state index contributed by atoms with van der Waals surface area (Å²) in [6, 6.07) is 7.33. The molecule has 1 aromatic heterocycles. The van der Waals surface area contributed by atoms with Gasteiger partial charge in [-0.2, -0.15) is 0 Å². The maximum absolute atomic E-state index is 11.9. The lowest BCUT2D eigenvalue weighted by atomic mass is 10.1. The fourth-order valence-electron chi connectivity index (χ4n) is 2.32. The van der Waals surface area contributed by atoms with Gasteiger partial charge in [0.15, 0.2) is 5.82 Å². The van der Waals surface area contributed by atoms with E-state index in [1.807, 2.05) is 25.1 Å². The molecule has 130 valence electrons. The van der Waals surface area contributed by atoms with Crippen LogP contribution in [0, 0.1) is 6.92 Å². The molecular weight excluding hydrogens is 310 g/mol. The summed E-state index contributed by atoms with van der Waals surface area (Å²) in [5, 5.41) is 9.73. The van der Waals surface area contributed by atoms with Gasteiger partial charge in [0.25, 0.3) is 0 Å². The third kappa shape index (κ3) is 4.73. The van der Waals surface area contributed by atoms with Gasteiger partial charge in [0.1, 0.15) is 17.3 Å². The molecule has 0 unspecified atom stereocenters. The van der Waals surface area contributed by atoms with Crippen molar-refractivity contribution in [1.82, 2.24) is 10.5 Å². The molecule has 24 heavy (non-hydrogen) atoms. The van der Waals surface area contributed by atoms with Crippen LogP contribution >= 0.6 is 0 Å². The van der Waals surface area contributed by atoms with Gasteiger partial charge in [0, 0.05) is 30.6 Å². The summed E-state index contributed by atoms with van der Waals surface area (Å²) in [7, 11) is 3.25. The Balaban J connectivity index is 1.86. The zero-order valence-electron chi connectivity index (χ0n) is 14.4. The zero-order chi connectivity index (χ0) is 17.5. The topological polar surface area (TPSA) is 85.6 Å². The summed E-state index contributed by atoms with van der Waals surface area (Å²) in [6.07, 6.45) is 0.322. The summed E-state index contributed by atoms with van der Waals surface area (Å²) >= 11 is 0. The van der Waals surface area contributed by atoms with Crippen LogP contribution in [0.15, 0.2) is 28.8 Å². The molecule has 0 saturated heterocycles. The fraction of sp³-hybridized carbons (Fsp3) is 0.412. The minimum Gasteiger partial charge on any atom is -0.497 e. The minimum absolute atomic E-state index is 0.0112. The number of hydrogen-bond acceptors (Lipinski definition) is 6. The molecule has 2 aromatic rings. The molecule has 0 aliphatic carbocycles. The number of amides is 1. The SMILES string of the molecule is COc1ccc(OC)c([C@@H](C)NCCC(=O)Nc2cc(C)on2)c1. The summed E-state index contributed by atoms with van der Waals surface area (Å²) in [6.45, 7) is 4.30. The normalized spacial score (nSPS) is 11.8. The van der Waals surface area contributed by atoms with E-state index in [0.29, 0.717) is 24.5 Å². The van der Waals surface area contributed by atoms with Crippen LogP contribution in [0.4, 0.5) is 5.82 Å². The van der Waals surface area contributed by atoms with Crippen molar-refractivity contribution in [3.8, 4) is 11.5 Å². The van der Waals surface area contributed by atoms with E-state index in [1.165, 1.54) is 0 Å². The van der Waals surface area contributed by atoms with E-state index in [1.54, 1.807) is 27.2 Å². The highest BCUT2D eigenvalue weighted by Crippen LogP contribution is 2.29. The van der Waals surface area contributed by atoms with Crippen molar-refractivity contribution >= 4 is 11.7 Å². The Bertz CT molecular complexity index is 684. The molecule has 7 nitrogen and oxygen atoms in total. The van der Waals surface area contributed by atoms with Gasteiger partial charge < -0.3 is 24.6 Å².